The van der Waals surface area contributed by atoms with E-state index < -0.39 is 23.0 Å². The topological polar surface area (TPSA) is 72.9 Å². The van der Waals surface area contributed by atoms with Gasteiger partial charge in [0, 0.05) is 26.2 Å². The molecule has 1 aromatic rings. The molecule has 6 nitrogen and oxygen atoms in total. The molecule has 0 spiro atoms. The number of hydrogen-bond acceptors (Lipinski definition) is 5. The molecule has 22 heavy (non-hydrogen) atoms. The van der Waals surface area contributed by atoms with Crippen LogP contribution in [-0.4, -0.2) is 41.6 Å². The lowest BCUT2D eigenvalue weighted by molar-refractivity contribution is 0.268. The van der Waals surface area contributed by atoms with Crippen molar-refractivity contribution in [3.05, 3.63) is 29.3 Å². The van der Waals surface area contributed by atoms with Gasteiger partial charge < -0.3 is 9.05 Å². The van der Waals surface area contributed by atoms with Gasteiger partial charge in [0.15, 0.2) is 0 Å². The van der Waals surface area contributed by atoms with Crippen LogP contribution in [0.2, 0.25) is 0 Å². The summed E-state index contributed by atoms with van der Waals surface area (Å²) in [5.74, 6) is 0. The molecular weight excluding hydrogens is 325 g/mol. The average Bonchev–Trinajstić information content (AvgIpc) is 2.72. The Morgan fingerprint density at radius 2 is 1.91 bits per heavy atom. The Balaban J connectivity index is 2.56. The highest BCUT2D eigenvalue weighted by Gasteiger charge is 2.46. The van der Waals surface area contributed by atoms with E-state index in [9.17, 15) is 13.0 Å². The SMILES string of the molecule is COP(=O)(CC1(C)CN(S(C)(=O)=O)c2ccc(C)cc21)OC. The molecule has 1 heterocycles. The quantitative estimate of drug-likeness (QED) is 0.765. The van der Waals surface area contributed by atoms with Gasteiger partial charge in [-0.15, -0.1) is 0 Å². The number of rotatable bonds is 5. The standard InChI is InChI=1S/C14H22NO5PS/c1-11-6-7-13-12(8-11)14(2,9-15(13)22(5,17)18)10-21(16,19-3)20-4/h6-8H,9-10H2,1-5H3. The lowest BCUT2D eigenvalue weighted by Gasteiger charge is -2.28. The van der Waals surface area contributed by atoms with Crippen LogP contribution >= 0.6 is 7.60 Å². The van der Waals surface area contributed by atoms with E-state index in [0.717, 1.165) is 11.1 Å². The van der Waals surface area contributed by atoms with Gasteiger partial charge in [-0.2, -0.15) is 0 Å². The minimum atomic E-state index is -3.41. The van der Waals surface area contributed by atoms with Crippen LogP contribution in [0.25, 0.3) is 0 Å². The van der Waals surface area contributed by atoms with Crippen LogP contribution in [0.4, 0.5) is 5.69 Å². The average molecular weight is 347 g/mol. The first-order valence-electron chi connectivity index (χ1n) is 6.84. The number of aryl methyl sites for hydroxylation is 1. The first kappa shape index (κ1) is 17.5. The second-order valence-electron chi connectivity index (χ2n) is 5.99. The van der Waals surface area contributed by atoms with Crippen LogP contribution in [0.5, 0.6) is 0 Å². The van der Waals surface area contributed by atoms with Crippen molar-refractivity contribution in [2.75, 3.05) is 37.5 Å². The van der Waals surface area contributed by atoms with Gasteiger partial charge in [-0.3, -0.25) is 8.87 Å². The molecule has 2 rings (SSSR count). The Labute approximate surface area is 132 Å². The van der Waals surface area contributed by atoms with E-state index in [1.54, 1.807) is 6.07 Å². The zero-order chi connectivity index (χ0) is 16.8. The third-order valence-electron chi connectivity index (χ3n) is 4.06. The van der Waals surface area contributed by atoms with Crippen molar-refractivity contribution in [1.29, 1.82) is 0 Å². The van der Waals surface area contributed by atoms with E-state index >= 15 is 0 Å². The van der Waals surface area contributed by atoms with Gasteiger partial charge in [0.05, 0.1) is 18.1 Å². The second-order valence-corrected chi connectivity index (χ2v) is 10.2. The summed E-state index contributed by atoms with van der Waals surface area (Å²) in [5, 5.41) is 0. The van der Waals surface area contributed by atoms with Crippen molar-refractivity contribution in [3.63, 3.8) is 0 Å². The maximum Gasteiger partial charge on any atom is 0.331 e. The molecule has 1 aromatic carbocycles. The molecule has 1 aliphatic heterocycles. The van der Waals surface area contributed by atoms with Crippen molar-refractivity contribution in [3.8, 4) is 0 Å². The number of sulfonamides is 1. The lowest BCUT2D eigenvalue weighted by atomic mass is 9.86. The van der Waals surface area contributed by atoms with Crippen molar-refractivity contribution in [1.82, 2.24) is 0 Å². The summed E-state index contributed by atoms with van der Waals surface area (Å²) in [6.45, 7) is 4.05. The minimum Gasteiger partial charge on any atom is -0.312 e. The zero-order valence-electron chi connectivity index (χ0n) is 13.5. The van der Waals surface area contributed by atoms with Crippen LogP contribution in [0.3, 0.4) is 0 Å². The molecular formula is C14H22NO5PS. The minimum absolute atomic E-state index is 0.121. The zero-order valence-corrected chi connectivity index (χ0v) is 15.2. The smallest absolute Gasteiger partial charge is 0.312 e. The fourth-order valence-corrected chi connectivity index (χ4v) is 5.47. The molecule has 1 unspecified atom stereocenters. The summed E-state index contributed by atoms with van der Waals surface area (Å²) in [6.07, 6.45) is 1.30. The molecule has 0 aliphatic carbocycles. The monoisotopic (exact) mass is 347 g/mol. The van der Waals surface area contributed by atoms with E-state index in [2.05, 4.69) is 0 Å². The Bertz CT molecular complexity index is 725. The van der Waals surface area contributed by atoms with Crippen LogP contribution in [-0.2, 0) is 29.1 Å². The maximum absolute atomic E-state index is 12.6. The molecule has 0 saturated heterocycles. The maximum atomic E-state index is 12.6. The summed E-state index contributed by atoms with van der Waals surface area (Å²) >= 11 is 0. The summed E-state index contributed by atoms with van der Waals surface area (Å²) < 4.78 is 48.1. The van der Waals surface area contributed by atoms with Gasteiger partial charge in [-0.25, -0.2) is 8.42 Å². The number of anilines is 1. The van der Waals surface area contributed by atoms with Gasteiger partial charge in [0.2, 0.25) is 10.0 Å². The van der Waals surface area contributed by atoms with Gasteiger partial charge in [0.1, 0.15) is 0 Å². The van der Waals surface area contributed by atoms with E-state index in [-0.39, 0.29) is 12.7 Å². The Kier molecular flexibility index (Phi) is 4.48. The largest absolute Gasteiger partial charge is 0.331 e. The molecule has 0 aromatic heterocycles. The molecule has 1 aliphatic rings. The predicted molar refractivity (Wildman–Crippen MR) is 87.2 cm³/mol. The second kappa shape index (κ2) is 5.64. The summed E-state index contributed by atoms with van der Waals surface area (Å²) in [6, 6.07) is 5.60. The third-order valence-corrected chi connectivity index (χ3v) is 7.39. The molecule has 0 saturated carbocycles. The highest BCUT2D eigenvalue weighted by atomic mass is 32.2. The molecule has 124 valence electrons. The first-order valence-corrected chi connectivity index (χ1v) is 10.4. The van der Waals surface area contributed by atoms with Gasteiger partial charge in [-0.1, -0.05) is 24.6 Å². The van der Waals surface area contributed by atoms with Crippen molar-refractivity contribution in [2.24, 2.45) is 0 Å². The van der Waals surface area contributed by atoms with Crippen molar-refractivity contribution < 1.29 is 22.0 Å². The number of nitrogens with zero attached hydrogens (tertiary/aromatic N) is 1. The normalized spacial score (nSPS) is 22.0. The number of hydrogen-bond donors (Lipinski definition) is 0. The van der Waals surface area contributed by atoms with Crippen LogP contribution < -0.4 is 4.31 Å². The van der Waals surface area contributed by atoms with Gasteiger partial charge in [-0.05, 0) is 18.6 Å². The summed E-state index contributed by atoms with van der Waals surface area (Å²) in [4.78, 5) is 0. The molecule has 1 atom stereocenters. The highest BCUT2D eigenvalue weighted by Crippen LogP contribution is 2.55. The van der Waals surface area contributed by atoms with Crippen molar-refractivity contribution >= 4 is 23.3 Å². The van der Waals surface area contributed by atoms with Crippen molar-refractivity contribution in [2.45, 2.75) is 19.3 Å². The summed E-state index contributed by atoms with van der Waals surface area (Å²) in [5.41, 5.74) is 1.87. The van der Waals surface area contributed by atoms with E-state index in [1.165, 1.54) is 24.8 Å². The Morgan fingerprint density at radius 3 is 2.41 bits per heavy atom. The predicted octanol–water partition coefficient (Wildman–Crippen LogP) is 2.52. The fraction of sp³-hybridized carbons (Fsp3) is 0.571. The van der Waals surface area contributed by atoms with E-state index in [1.807, 2.05) is 26.0 Å². The Hall–Kier alpha value is -0.880. The van der Waals surface area contributed by atoms with E-state index in [4.69, 9.17) is 9.05 Å². The van der Waals surface area contributed by atoms with Gasteiger partial charge in [0.25, 0.3) is 0 Å². The lowest BCUT2D eigenvalue weighted by Crippen LogP contribution is -2.37. The molecule has 0 amide bonds. The first-order chi connectivity index (χ1) is 10.0. The number of benzene rings is 1. The summed E-state index contributed by atoms with van der Waals surface area (Å²) in [7, 11) is -3.99. The van der Waals surface area contributed by atoms with E-state index in [0.29, 0.717) is 5.69 Å². The highest BCUT2D eigenvalue weighted by molar-refractivity contribution is 7.92. The van der Waals surface area contributed by atoms with Crippen LogP contribution in [0.1, 0.15) is 18.1 Å². The molecule has 0 bridgehead atoms. The number of fused-ring (bicyclic) bond motifs is 1. The molecule has 0 fully saturated rings. The van der Waals surface area contributed by atoms with Crippen LogP contribution in [0, 0.1) is 6.92 Å². The fourth-order valence-electron chi connectivity index (χ4n) is 2.90. The Morgan fingerprint density at radius 1 is 1.32 bits per heavy atom. The van der Waals surface area contributed by atoms with Gasteiger partial charge >= 0.3 is 7.60 Å². The van der Waals surface area contributed by atoms with Crippen LogP contribution in [0.15, 0.2) is 18.2 Å². The third kappa shape index (κ3) is 3.08. The molecule has 0 radical (unpaired) electrons. The molecule has 0 N–H and O–H groups in total. The molecule has 8 heteroatoms.